The Bertz CT molecular complexity index is 255. The van der Waals surface area contributed by atoms with E-state index in [4.69, 9.17) is 10.5 Å². The molecular weight excluding hydrogens is 212 g/mol. The molecule has 2 N–H and O–H groups in total. The van der Waals surface area contributed by atoms with E-state index in [9.17, 15) is 0 Å². The van der Waals surface area contributed by atoms with Crippen molar-refractivity contribution in [3.63, 3.8) is 0 Å². The van der Waals surface area contributed by atoms with Gasteiger partial charge in [0, 0.05) is 6.04 Å². The lowest BCUT2D eigenvalue weighted by molar-refractivity contribution is 0.151. The maximum Gasteiger partial charge on any atom is 0.169 e. The van der Waals surface area contributed by atoms with Gasteiger partial charge in [-0.1, -0.05) is 25.7 Å². The van der Waals surface area contributed by atoms with Gasteiger partial charge < -0.3 is 10.5 Å². The van der Waals surface area contributed by atoms with E-state index in [2.05, 4.69) is 4.99 Å². The molecule has 0 aliphatic heterocycles. The van der Waals surface area contributed by atoms with Crippen LogP contribution in [0.25, 0.3) is 0 Å². The molecule has 0 amide bonds. The van der Waals surface area contributed by atoms with Gasteiger partial charge in [0.1, 0.15) is 0 Å². The van der Waals surface area contributed by atoms with Crippen molar-refractivity contribution in [2.75, 3.05) is 7.11 Å². The summed E-state index contributed by atoms with van der Waals surface area (Å²) in [7, 11) is 1.67. The molecule has 98 valence electrons. The molecular formula is C14H26N2O. The second kappa shape index (κ2) is 6.39. The smallest absolute Gasteiger partial charge is 0.169 e. The van der Waals surface area contributed by atoms with Crippen molar-refractivity contribution in [2.24, 2.45) is 22.6 Å². The molecule has 2 rings (SSSR count). The number of nitrogens with zero attached hydrogens (tertiary/aromatic N) is 1. The second-order valence-electron chi connectivity index (χ2n) is 5.62. The van der Waals surface area contributed by atoms with Crippen LogP contribution in [-0.4, -0.2) is 25.6 Å². The maximum atomic E-state index is 6.32. The van der Waals surface area contributed by atoms with Gasteiger partial charge in [-0.25, -0.2) is 0 Å². The first-order valence-corrected chi connectivity index (χ1v) is 7.13. The van der Waals surface area contributed by atoms with Crippen molar-refractivity contribution in [3.8, 4) is 0 Å². The van der Waals surface area contributed by atoms with Gasteiger partial charge in [0.25, 0.3) is 0 Å². The van der Waals surface area contributed by atoms with Crippen molar-refractivity contribution < 1.29 is 4.74 Å². The summed E-state index contributed by atoms with van der Waals surface area (Å²) in [6, 6.07) is 0.866. The average molecular weight is 238 g/mol. The molecule has 0 aromatic carbocycles. The first-order chi connectivity index (χ1) is 8.33. The van der Waals surface area contributed by atoms with E-state index < -0.39 is 0 Å². The highest BCUT2D eigenvalue weighted by atomic mass is 16.5. The molecule has 2 saturated carbocycles. The molecule has 2 aliphatic rings. The quantitative estimate of drug-likeness (QED) is 0.607. The zero-order valence-corrected chi connectivity index (χ0v) is 11.0. The van der Waals surface area contributed by atoms with Crippen LogP contribution in [0.2, 0.25) is 0 Å². The minimum Gasteiger partial charge on any atom is -0.487 e. The number of ether oxygens (including phenoxy) is 1. The Hall–Kier alpha value is -0.570. The fourth-order valence-corrected chi connectivity index (χ4v) is 3.68. The van der Waals surface area contributed by atoms with E-state index in [0.29, 0.717) is 23.9 Å². The van der Waals surface area contributed by atoms with Crippen LogP contribution in [0.1, 0.15) is 51.4 Å². The summed E-state index contributed by atoms with van der Waals surface area (Å²) >= 11 is 0. The Kier molecular flexibility index (Phi) is 4.84. The Morgan fingerprint density at radius 1 is 1.00 bits per heavy atom. The zero-order valence-electron chi connectivity index (χ0n) is 11.0. The van der Waals surface area contributed by atoms with Crippen LogP contribution < -0.4 is 5.73 Å². The van der Waals surface area contributed by atoms with Crippen molar-refractivity contribution in [1.29, 1.82) is 0 Å². The molecule has 4 unspecified atom stereocenters. The average Bonchev–Trinajstić information content (AvgIpc) is 2.37. The molecule has 0 aromatic rings. The summed E-state index contributed by atoms with van der Waals surface area (Å²) in [6.07, 6.45) is 12.0. The fourth-order valence-electron chi connectivity index (χ4n) is 3.68. The normalized spacial score (nSPS) is 39.4. The van der Waals surface area contributed by atoms with Crippen LogP contribution in [0.5, 0.6) is 0 Å². The standard InChI is InChI=1S/C14H26N2O/c1-17-10-16-14-9-5-3-7-12(14)11-6-2-4-8-13(11)15/h10-14H,2-9,15H2,1H3. The van der Waals surface area contributed by atoms with E-state index in [0.717, 1.165) is 0 Å². The highest BCUT2D eigenvalue weighted by Gasteiger charge is 2.35. The molecule has 2 fully saturated rings. The Labute approximate surface area is 105 Å². The van der Waals surface area contributed by atoms with Crippen molar-refractivity contribution in [3.05, 3.63) is 0 Å². The summed E-state index contributed by atoms with van der Waals surface area (Å²) < 4.78 is 4.98. The Morgan fingerprint density at radius 2 is 1.65 bits per heavy atom. The van der Waals surface area contributed by atoms with Gasteiger partial charge in [0.2, 0.25) is 0 Å². The zero-order chi connectivity index (χ0) is 12.1. The Balaban J connectivity index is 2.01. The summed E-state index contributed by atoms with van der Waals surface area (Å²) in [5, 5.41) is 0. The van der Waals surface area contributed by atoms with Crippen LogP contribution in [-0.2, 0) is 4.74 Å². The fraction of sp³-hybridized carbons (Fsp3) is 0.929. The van der Waals surface area contributed by atoms with Crippen LogP contribution in [0.4, 0.5) is 0 Å². The molecule has 0 aromatic heterocycles. The molecule has 0 bridgehead atoms. The molecule has 4 atom stereocenters. The highest BCUT2D eigenvalue weighted by Crippen LogP contribution is 2.39. The Morgan fingerprint density at radius 3 is 2.35 bits per heavy atom. The van der Waals surface area contributed by atoms with Crippen molar-refractivity contribution in [1.82, 2.24) is 0 Å². The molecule has 0 saturated heterocycles. The van der Waals surface area contributed by atoms with Gasteiger partial charge in [-0.2, -0.15) is 0 Å². The minimum absolute atomic E-state index is 0.409. The third kappa shape index (κ3) is 3.21. The molecule has 0 radical (unpaired) electrons. The first kappa shape index (κ1) is 12.9. The summed E-state index contributed by atoms with van der Waals surface area (Å²) in [6.45, 7) is 0. The largest absolute Gasteiger partial charge is 0.487 e. The van der Waals surface area contributed by atoms with Crippen molar-refractivity contribution >= 4 is 6.40 Å². The van der Waals surface area contributed by atoms with Crippen LogP contribution in [0, 0.1) is 11.8 Å². The number of aliphatic imine (C=N–C) groups is 1. The summed E-state index contributed by atoms with van der Waals surface area (Å²) in [5.74, 6) is 1.40. The van der Waals surface area contributed by atoms with Gasteiger partial charge in [-0.15, -0.1) is 0 Å². The third-order valence-corrected chi connectivity index (χ3v) is 4.56. The van der Waals surface area contributed by atoms with Gasteiger partial charge in [0.05, 0.1) is 13.2 Å². The molecule has 2 aliphatic carbocycles. The number of hydrogen-bond acceptors (Lipinski definition) is 3. The number of methoxy groups -OCH3 is 1. The van der Waals surface area contributed by atoms with Gasteiger partial charge in [-0.05, 0) is 37.5 Å². The van der Waals surface area contributed by atoms with Crippen LogP contribution in [0.15, 0.2) is 4.99 Å². The summed E-state index contributed by atoms with van der Waals surface area (Å²) in [5.41, 5.74) is 6.32. The summed E-state index contributed by atoms with van der Waals surface area (Å²) in [4.78, 5) is 4.59. The molecule has 17 heavy (non-hydrogen) atoms. The number of rotatable bonds is 3. The monoisotopic (exact) mass is 238 g/mol. The van der Waals surface area contributed by atoms with Gasteiger partial charge in [-0.3, -0.25) is 4.99 Å². The predicted molar refractivity (Wildman–Crippen MR) is 71.2 cm³/mol. The van der Waals surface area contributed by atoms with Crippen LogP contribution in [0.3, 0.4) is 0 Å². The van der Waals surface area contributed by atoms with Crippen molar-refractivity contribution in [2.45, 2.75) is 63.5 Å². The van der Waals surface area contributed by atoms with E-state index in [1.54, 1.807) is 13.5 Å². The van der Waals surface area contributed by atoms with E-state index in [1.807, 2.05) is 0 Å². The maximum absolute atomic E-state index is 6.32. The predicted octanol–water partition coefficient (Wildman–Crippen LogP) is 2.74. The molecule has 3 nitrogen and oxygen atoms in total. The topological polar surface area (TPSA) is 47.6 Å². The second-order valence-corrected chi connectivity index (χ2v) is 5.62. The SMILES string of the molecule is COC=NC1CCCCC1C1CCCCC1N. The molecule has 0 heterocycles. The van der Waals surface area contributed by atoms with Crippen LogP contribution >= 0.6 is 0 Å². The molecule has 3 heteroatoms. The lowest BCUT2D eigenvalue weighted by Crippen LogP contribution is -2.42. The first-order valence-electron chi connectivity index (χ1n) is 7.13. The molecule has 0 spiro atoms. The van der Waals surface area contributed by atoms with E-state index >= 15 is 0 Å². The lowest BCUT2D eigenvalue weighted by atomic mass is 9.69. The number of hydrogen-bond donors (Lipinski definition) is 1. The third-order valence-electron chi connectivity index (χ3n) is 4.56. The van der Waals surface area contributed by atoms with Gasteiger partial charge in [0.15, 0.2) is 6.40 Å². The number of nitrogens with two attached hydrogens (primary N) is 1. The van der Waals surface area contributed by atoms with E-state index in [-0.39, 0.29) is 0 Å². The lowest BCUT2D eigenvalue weighted by Gasteiger charge is -2.40. The van der Waals surface area contributed by atoms with Gasteiger partial charge >= 0.3 is 0 Å². The highest BCUT2D eigenvalue weighted by molar-refractivity contribution is 5.46. The van der Waals surface area contributed by atoms with E-state index in [1.165, 1.54) is 51.4 Å². The minimum atomic E-state index is 0.409.